The van der Waals surface area contributed by atoms with E-state index in [-0.39, 0.29) is 18.4 Å². The van der Waals surface area contributed by atoms with Gasteiger partial charge in [0.25, 0.3) is 11.8 Å². The predicted molar refractivity (Wildman–Crippen MR) is 78.0 cm³/mol. The van der Waals surface area contributed by atoms with Gasteiger partial charge in [0.1, 0.15) is 5.54 Å². The Morgan fingerprint density at radius 1 is 1.48 bits per heavy atom. The third-order valence-corrected chi connectivity index (χ3v) is 5.02. The molecule has 1 unspecified atom stereocenters. The number of anilines is 1. The van der Waals surface area contributed by atoms with E-state index in [2.05, 4.69) is 10.6 Å². The second-order valence-electron chi connectivity index (χ2n) is 5.44. The van der Waals surface area contributed by atoms with Gasteiger partial charge in [-0.15, -0.1) is 11.3 Å². The highest BCUT2D eigenvalue weighted by Crippen LogP contribution is 2.29. The topological polar surface area (TPSA) is 105 Å². The second-order valence-corrected chi connectivity index (χ2v) is 6.70. The molecule has 2 aliphatic rings. The number of thiophene rings is 1. The van der Waals surface area contributed by atoms with Crippen LogP contribution >= 0.6 is 11.3 Å². The summed E-state index contributed by atoms with van der Waals surface area (Å²) in [6, 6.07) is 1.17. The maximum atomic E-state index is 12.5. The van der Waals surface area contributed by atoms with Crippen LogP contribution in [0.15, 0.2) is 6.07 Å². The van der Waals surface area contributed by atoms with E-state index >= 15 is 0 Å². The van der Waals surface area contributed by atoms with Crippen molar-refractivity contribution in [2.45, 2.75) is 25.3 Å². The van der Waals surface area contributed by atoms with Crippen molar-refractivity contribution in [3.63, 3.8) is 0 Å². The molecule has 4 N–H and O–H groups in total. The highest BCUT2D eigenvalue weighted by molar-refractivity contribution is 7.14. The molecule has 4 amide bonds. The third-order valence-electron chi connectivity index (χ3n) is 3.96. The number of hydrogen-bond donors (Lipinski definition) is 3. The Bertz CT molecular complexity index is 622. The lowest BCUT2D eigenvalue weighted by molar-refractivity contribution is -0.125. The molecule has 2 aliphatic heterocycles. The normalized spacial score (nSPS) is 25.1. The second kappa shape index (κ2) is 4.73. The Balaban J connectivity index is 1.82. The number of urea groups is 1. The van der Waals surface area contributed by atoms with Gasteiger partial charge in [-0.2, -0.15) is 0 Å². The largest absolute Gasteiger partial charge is 0.398 e. The van der Waals surface area contributed by atoms with Gasteiger partial charge >= 0.3 is 6.03 Å². The molecule has 0 radical (unpaired) electrons. The molecule has 2 fully saturated rings. The summed E-state index contributed by atoms with van der Waals surface area (Å²) in [5.74, 6) is -0.500. The van der Waals surface area contributed by atoms with Crippen LogP contribution in [-0.4, -0.2) is 41.4 Å². The summed E-state index contributed by atoms with van der Waals surface area (Å²) in [6.07, 6.45) is 1.21. The van der Waals surface area contributed by atoms with Crippen LogP contribution in [0.1, 0.15) is 27.4 Å². The molecule has 7 nitrogen and oxygen atoms in total. The molecule has 112 valence electrons. The fraction of sp³-hybridized carbons (Fsp3) is 0.462. The van der Waals surface area contributed by atoms with Crippen molar-refractivity contribution in [2.75, 3.05) is 18.8 Å². The van der Waals surface area contributed by atoms with Crippen LogP contribution in [0.3, 0.4) is 0 Å². The van der Waals surface area contributed by atoms with Gasteiger partial charge in [0, 0.05) is 17.1 Å². The maximum absolute atomic E-state index is 12.5. The van der Waals surface area contributed by atoms with Crippen molar-refractivity contribution in [1.29, 1.82) is 0 Å². The summed E-state index contributed by atoms with van der Waals surface area (Å²) in [6.45, 7) is 2.62. The minimum Gasteiger partial charge on any atom is -0.398 e. The first-order valence-corrected chi connectivity index (χ1v) is 7.52. The lowest BCUT2D eigenvalue weighted by Crippen LogP contribution is -2.59. The number of amides is 4. The van der Waals surface area contributed by atoms with Gasteiger partial charge < -0.3 is 16.0 Å². The van der Waals surface area contributed by atoms with Crippen molar-refractivity contribution in [1.82, 2.24) is 15.5 Å². The van der Waals surface area contributed by atoms with Crippen molar-refractivity contribution >= 4 is 34.9 Å². The van der Waals surface area contributed by atoms with Crippen LogP contribution in [-0.2, 0) is 4.79 Å². The van der Waals surface area contributed by atoms with Gasteiger partial charge in [-0.05, 0) is 25.8 Å². The maximum Gasteiger partial charge on any atom is 0.322 e. The lowest BCUT2D eigenvalue weighted by Gasteiger charge is -2.37. The van der Waals surface area contributed by atoms with E-state index in [0.29, 0.717) is 30.0 Å². The fourth-order valence-corrected chi connectivity index (χ4v) is 3.71. The molecular formula is C13H16N4O3S. The standard InChI is InChI=1S/C13H16N4O3S/c1-7-8(14)5-9(21-7)10(18)17-4-2-3-13(6-17)11(19)15-12(20)16-13/h5H,2-4,6,14H2,1H3,(H2,15,16,19,20). The number of likely N-dealkylation sites (tertiary alicyclic amines) is 1. The van der Waals surface area contributed by atoms with Crippen molar-refractivity contribution in [3.05, 3.63) is 15.8 Å². The number of rotatable bonds is 1. The molecular weight excluding hydrogens is 292 g/mol. The van der Waals surface area contributed by atoms with Crippen LogP contribution < -0.4 is 16.4 Å². The number of nitrogens with one attached hydrogen (secondary N) is 2. The number of imide groups is 1. The number of aryl methyl sites for hydroxylation is 1. The van der Waals surface area contributed by atoms with Crippen LogP contribution in [0.25, 0.3) is 0 Å². The number of nitrogen functional groups attached to an aromatic ring is 1. The smallest absolute Gasteiger partial charge is 0.322 e. The van der Waals surface area contributed by atoms with Crippen molar-refractivity contribution < 1.29 is 14.4 Å². The minimum absolute atomic E-state index is 0.146. The van der Waals surface area contributed by atoms with E-state index in [1.54, 1.807) is 11.0 Å². The molecule has 3 heterocycles. The Morgan fingerprint density at radius 3 is 2.81 bits per heavy atom. The molecule has 2 saturated heterocycles. The number of piperidine rings is 1. The Hall–Kier alpha value is -2.09. The zero-order chi connectivity index (χ0) is 15.2. The molecule has 21 heavy (non-hydrogen) atoms. The number of nitrogens with two attached hydrogens (primary N) is 1. The molecule has 1 aromatic heterocycles. The van der Waals surface area contributed by atoms with E-state index in [0.717, 1.165) is 4.88 Å². The molecule has 1 aromatic rings. The Labute approximate surface area is 125 Å². The number of carbonyl (C=O) groups excluding carboxylic acids is 3. The Kier molecular flexibility index (Phi) is 3.12. The summed E-state index contributed by atoms with van der Waals surface area (Å²) >= 11 is 1.34. The van der Waals surface area contributed by atoms with Crippen LogP contribution in [0.4, 0.5) is 10.5 Å². The zero-order valence-corrected chi connectivity index (χ0v) is 12.4. The van der Waals surface area contributed by atoms with E-state index in [4.69, 9.17) is 5.73 Å². The first-order valence-electron chi connectivity index (χ1n) is 6.70. The molecule has 0 aliphatic carbocycles. The van der Waals surface area contributed by atoms with E-state index in [1.807, 2.05) is 6.92 Å². The molecule has 1 atom stereocenters. The number of nitrogens with zero attached hydrogens (tertiary/aromatic N) is 1. The van der Waals surface area contributed by atoms with E-state index < -0.39 is 11.6 Å². The first-order chi connectivity index (χ1) is 9.91. The predicted octanol–water partition coefficient (Wildman–Crippen LogP) is 0.453. The van der Waals surface area contributed by atoms with Crippen LogP contribution in [0, 0.1) is 6.92 Å². The fourth-order valence-electron chi connectivity index (χ4n) is 2.80. The average molecular weight is 308 g/mol. The van der Waals surface area contributed by atoms with E-state index in [9.17, 15) is 14.4 Å². The molecule has 3 rings (SSSR count). The average Bonchev–Trinajstić information content (AvgIpc) is 2.90. The first kappa shape index (κ1) is 13.9. The summed E-state index contributed by atoms with van der Waals surface area (Å²) < 4.78 is 0. The monoisotopic (exact) mass is 308 g/mol. The van der Waals surface area contributed by atoms with Gasteiger partial charge in [-0.3, -0.25) is 14.9 Å². The molecule has 1 spiro atoms. The van der Waals surface area contributed by atoms with Gasteiger partial charge in [0.05, 0.1) is 11.4 Å². The highest BCUT2D eigenvalue weighted by atomic mass is 32.1. The number of carbonyl (C=O) groups is 3. The molecule has 0 bridgehead atoms. The van der Waals surface area contributed by atoms with Gasteiger partial charge in [0.15, 0.2) is 0 Å². The SMILES string of the molecule is Cc1sc(C(=O)N2CCCC3(C2)NC(=O)NC3=O)cc1N. The summed E-state index contributed by atoms with van der Waals surface area (Å²) in [5.41, 5.74) is 5.40. The molecule has 0 saturated carbocycles. The lowest BCUT2D eigenvalue weighted by atomic mass is 9.89. The minimum atomic E-state index is -0.983. The zero-order valence-electron chi connectivity index (χ0n) is 11.6. The Morgan fingerprint density at radius 2 is 2.24 bits per heavy atom. The van der Waals surface area contributed by atoms with Crippen molar-refractivity contribution in [2.24, 2.45) is 0 Å². The quantitative estimate of drug-likeness (QED) is 0.655. The van der Waals surface area contributed by atoms with Crippen LogP contribution in [0.5, 0.6) is 0 Å². The molecule has 0 aromatic carbocycles. The number of hydrogen-bond acceptors (Lipinski definition) is 5. The van der Waals surface area contributed by atoms with Crippen LogP contribution in [0.2, 0.25) is 0 Å². The third kappa shape index (κ3) is 2.25. The highest BCUT2D eigenvalue weighted by Gasteiger charge is 2.49. The summed E-state index contributed by atoms with van der Waals surface area (Å²) in [7, 11) is 0. The van der Waals surface area contributed by atoms with Gasteiger partial charge in [-0.1, -0.05) is 0 Å². The summed E-state index contributed by atoms with van der Waals surface area (Å²) in [5, 5.41) is 4.90. The van der Waals surface area contributed by atoms with Crippen molar-refractivity contribution in [3.8, 4) is 0 Å². The van der Waals surface area contributed by atoms with Gasteiger partial charge in [0.2, 0.25) is 0 Å². The van der Waals surface area contributed by atoms with Gasteiger partial charge in [-0.25, -0.2) is 4.79 Å². The summed E-state index contributed by atoms with van der Waals surface area (Å²) in [4.78, 5) is 38.9. The van der Waals surface area contributed by atoms with E-state index in [1.165, 1.54) is 11.3 Å². The molecule has 8 heteroatoms.